The van der Waals surface area contributed by atoms with Crippen LogP contribution in [-0.2, 0) is 13.8 Å². The van der Waals surface area contributed by atoms with E-state index >= 15 is 0 Å². The molecule has 1 aliphatic rings. The molecule has 1 aliphatic heterocycles. The first kappa shape index (κ1) is 22.5. The van der Waals surface area contributed by atoms with Crippen LogP contribution in [0.1, 0.15) is 13.8 Å². The zero-order valence-electron chi connectivity index (χ0n) is 13.4. The first-order valence-electron chi connectivity index (χ1n) is 7.43. The molecule has 3 unspecified atom stereocenters. The van der Waals surface area contributed by atoms with E-state index in [-0.39, 0.29) is 11.8 Å². The summed E-state index contributed by atoms with van der Waals surface area (Å²) in [7, 11) is -3.78. The van der Waals surface area contributed by atoms with Crippen molar-refractivity contribution in [3.63, 3.8) is 0 Å². The molecule has 0 aliphatic carbocycles. The van der Waals surface area contributed by atoms with Crippen molar-refractivity contribution in [2.45, 2.75) is 56.6 Å². The van der Waals surface area contributed by atoms with E-state index in [0.717, 1.165) is 0 Å². The van der Waals surface area contributed by atoms with Crippen LogP contribution in [0.15, 0.2) is 0 Å². The van der Waals surface area contributed by atoms with Gasteiger partial charge in [-0.3, -0.25) is 9.09 Å². The lowest BCUT2D eigenvalue weighted by molar-refractivity contribution is -0.278. The highest BCUT2D eigenvalue weighted by atomic mass is 35.5. The lowest BCUT2D eigenvalue weighted by Gasteiger charge is -2.41. The number of alkyl halides is 2. The maximum atomic E-state index is 13.0. The number of rotatable bonds is 9. The Hall–Kier alpha value is 0.490. The predicted molar refractivity (Wildman–Crippen MR) is 89.1 cm³/mol. The highest BCUT2D eigenvalue weighted by Crippen LogP contribution is 2.43. The van der Waals surface area contributed by atoms with Crippen LogP contribution in [0, 0.1) is 0 Å². The first-order valence-corrected chi connectivity index (χ1v) is 10.1. The molecular weight excluding hydrogens is 386 g/mol. The summed E-state index contributed by atoms with van der Waals surface area (Å²) in [6.45, 7) is 2.72. The molecule has 0 aromatic carbocycles. The Morgan fingerprint density at radius 1 is 1.08 bits per heavy atom. The van der Waals surface area contributed by atoms with Gasteiger partial charge in [0.05, 0.1) is 6.61 Å². The van der Waals surface area contributed by atoms with Gasteiger partial charge in [0.25, 0.3) is 0 Å². The number of ether oxygens (including phenoxy) is 1. The molecule has 0 aromatic heterocycles. The van der Waals surface area contributed by atoms with Crippen molar-refractivity contribution in [2.75, 3.05) is 18.4 Å². The zero-order valence-corrected chi connectivity index (χ0v) is 15.8. The number of aliphatic hydroxyl groups is 4. The lowest BCUT2D eigenvalue weighted by atomic mass is 10.00. The zero-order chi connectivity index (χ0) is 18.5. The van der Waals surface area contributed by atoms with Crippen LogP contribution in [-0.4, -0.2) is 81.6 Å². The molecule has 1 rings (SSSR count). The monoisotopic (exact) mass is 410 g/mol. The Kier molecular flexibility index (Phi) is 9.38. The summed E-state index contributed by atoms with van der Waals surface area (Å²) >= 11 is 11.4. The number of hydrogen-bond donors (Lipinski definition) is 6. The van der Waals surface area contributed by atoms with Crippen LogP contribution in [0.2, 0.25) is 0 Å². The maximum absolute atomic E-state index is 13.0. The fourth-order valence-corrected chi connectivity index (χ4v) is 4.42. The van der Waals surface area contributed by atoms with Gasteiger partial charge in [0.2, 0.25) is 0 Å². The topological polar surface area (TPSA) is 141 Å². The van der Waals surface area contributed by atoms with Gasteiger partial charge in [0.15, 0.2) is 6.29 Å². The Balaban J connectivity index is 2.93. The number of hydrogen-bond acceptors (Lipinski definition) is 7. The van der Waals surface area contributed by atoms with Gasteiger partial charge < -0.3 is 25.2 Å². The number of halogens is 2. The van der Waals surface area contributed by atoms with E-state index in [4.69, 9.17) is 32.5 Å². The third-order valence-corrected chi connectivity index (χ3v) is 6.34. The molecule has 1 saturated heterocycles. The Morgan fingerprint density at radius 2 is 1.58 bits per heavy atom. The fraction of sp³-hybridized carbons (Fsp3) is 1.00. The van der Waals surface area contributed by atoms with Gasteiger partial charge in [-0.15, -0.1) is 23.2 Å². The van der Waals surface area contributed by atoms with Gasteiger partial charge in [-0.05, 0) is 13.8 Å². The van der Waals surface area contributed by atoms with Gasteiger partial charge in [-0.1, -0.05) is 0 Å². The van der Waals surface area contributed by atoms with E-state index in [1.807, 2.05) is 0 Å². The molecule has 0 aromatic rings. The van der Waals surface area contributed by atoms with E-state index in [2.05, 4.69) is 10.2 Å². The van der Waals surface area contributed by atoms with Crippen molar-refractivity contribution < 1.29 is 34.3 Å². The SMILES string of the molecule is C[C@H](CCl)NP(=O)(N[C@H](C)CCl)O[C@@H]1OC(CO)[C@@H](O)C(O)C1O. The molecule has 144 valence electrons. The largest absolute Gasteiger partial charge is 0.394 e. The molecule has 0 amide bonds. The lowest BCUT2D eigenvalue weighted by Crippen LogP contribution is -2.59. The van der Waals surface area contributed by atoms with Gasteiger partial charge in [-0.25, -0.2) is 10.2 Å². The van der Waals surface area contributed by atoms with Crippen molar-refractivity contribution in [2.24, 2.45) is 0 Å². The van der Waals surface area contributed by atoms with Crippen molar-refractivity contribution in [3.05, 3.63) is 0 Å². The molecule has 24 heavy (non-hydrogen) atoms. The van der Waals surface area contributed by atoms with Gasteiger partial charge in [-0.2, -0.15) is 0 Å². The van der Waals surface area contributed by atoms with Crippen LogP contribution in [0.25, 0.3) is 0 Å². The number of aliphatic hydroxyl groups excluding tert-OH is 4. The molecule has 7 atom stereocenters. The van der Waals surface area contributed by atoms with Crippen LogP contribution in [0.3, 0.4) is 0 Å². The molecule has 0 spiro atoms. The molecule has 0 saturated carbocycles. The van der Waals surface area contributed by atoms with Crippen LogP contribution in [0.4, 0.5) is 0 Å². The van der Waals surface area contributed by atoms with E-state index < -0.39 is 57.1 Å². The van der Waals surface area contributed by atoms with E-state index in [9.17, 15) is 25.0 Å². The molecular formula is C12H25Cl2N2O7P. The van der Waals surface area contributed by atoms with E-state index in [1.165, 1.54) is 0 Å². The van der Waals surface area contributed by atoms with Crippen molar-refractivity contribution in [1.82, 2.24) is 10.2 Å². The quantitative estimate of drug-likeness (QED) is 0.216. The molecule has 0 radical (unpaired) electrons. The molecule has 9 nitrogen and oxygen atoms in total. The van der Waals surface area contributed by atoms with Gasteiger partial charge >= 0.3 is 7.67 Å². The minimum absolute atomic E-state index is 0.138. The Bertz CT molecular complexity index is 418. The van der Waals surface area contributed by atoms with Crippen molar-refractivity contribution in [3.8, 4) is 0 Å². The Morgan fingerprint density at radius 3 is 2.00 bits per heavy atom. The summed E-state index contributed by atoms with van der Waals surface area (Å²) < 4.78 is 23.5. The first-order chi connectivity index (χ1) is 11.2. The maximum Gasteiger partial charge on any atom is 0.343 e. The smallest absolute Gasteiger partial charge is 0.343 e. The fourth-order valence-electron chi connectivity index (χ4n) is 2.05. The van der Waals surface area contributed by atoms with Crippen molar-refractivity contribution in [1.29, 1.82) is 0 Å². The minimum Gasteiger partial charge on any atom is -0.394 e. The summed E-state index contributed by atoms with van der Waals surface area (Å²) in [4.78, 5) is 0. The average Bonchev–Trinajstić information content (AvgIpc) is 2.54. The summed E-state index contributed by atoms with van der Waals surface area (Å²) in [5.41, 5.74) is 0. The standard InChI is InChI=1S/C12H25Cl2N2O7P/c1-6(3-13)15-24(21,16-7(2)4-14)23-12-11(20)10(19)9(18)8(5-17)22-12/h6-12,17-20H,3-5H2,1-2H3,(H2,15,16,21)/t6-,7-,8?,9-,10?,11?,12+/m1/s1. The van der Waals surface area contributed by atoms with Crippen LogP contribution < -0.4 is 10.2 Å². The second-order valence-corrected chi connectivity index (χ2v) is 8.17. The summed E-state index contributed by atoms with van der Waals surface area (Å²) in [6, 6.07) is -0.810. The second-order valence-electron chi connectivity index (χ2n) is 5.72. The van der Waals surface area contributed by atoms with E-state index in [0.29, 0.717) is 0 Å². The summed E-state index contributed by atoms with van der Waals surface area (Å²) in [5.74, 6) is 0.276. The normalized spacial score (nSPS) is 34.1. The van der Waals surface area contributed by atoms with Gasteiger partial charge in [0.1, 0.15) is 24.4 Å². The summed E-state index contributed by atoms with van der Waals surface area (Å²) in [6.07, 6.45) is -7.55. The minimum atomic E-state index is -3.78. The molecule has 1 fully saturated rings. The third-order valence-electron chi connectivity index (χ3n) is 3.34. The molecule has 0 bridgehead atoms. The van der Waals surface area contributed by atoms with Crippen molar-refractivity contribution >= 4 is 30.9 Å². The molecule has 6 N–H and O–H groups in total. The Labute approximate surface area is 150 Å². The van der Waals surface area contributed by atoms with Gasteiger partial charge in [0, 0.05) is 23.8 Å². The highest BCUT2D eigenvalue weighted by Gasteiger charge is 2.46. The van der Waals surface area contributed by atoms with Crippen LogP contribution >= 0.6 is 30.9 Å². The molecule has 1 heterocycles. The number of nitrogens with one attached hydrogen (secondary N) is 2. The van der Waals surface area contributed by atoms with Crippen LogP contribution in [0.5, 0.6) is 0 Å². The highest BCUT2D eigenvalue weighted by molar-refractivity contribution is 7.54. The molecule has 12 heteroatoms. The summed E-state index contributed by atoms with van der Waals surface area (Å²) in [5, 5.41) is 44.0. The third kappa shape index (κ3) is 6.03. The van der Waals surface area contributed by atoms with E-state index in [1.54, 1.807) is 13.8 Å². The average molecular weight is 411 g/mol. The predicted octanol–water partition coefficient (Wildman–Crippen LogP) is -0.655. The second kappa shape index (κ2) is 9.99.